The summed E-state index contributed by atoms with van der Waals surface area (Å²) in [5.74, 6) is 0.582. The lowest BCUT2D eigenvalue weighted by Gasteiger charge is -2.22. The Hall–Kier alpha value is -1.38. The monoisotopic (exact) mass is 414 g/mol. The first-order chi connectivity index (χ1) is 12.6. The molecule has 8 heteroatoms. The minimum absolute atomic E-state index is 0.234. The van der Waals surface area contributed by atoms with Crippen molar-refractivity contribution in [3.63, 3.8) is 0 Å². The van der Waals surface area contributed by atoms with Gasteiger partial charge in [0.1, 0.15) is 0 Å². The topological polar surface area (TPSA) is 64.7 Å². The van der Waals surface area contributed by atoms with E-state index in [1.165, 1.54) is 37.7 Å². The number of benzene rings is 1. The van der Waals surface area contributed by atoms with Crippen LogP contribution in [0.4, 0.5) is 11.4 Å². The molecule has 0 spiro atoms. The fourth-order valence-electron chi connectivity index (χ4n) is 2.72. The van der Waals surface area contributed by atoms with Gasteiger partial charge in [0.2, 0.25) is 10.0 Å². The zero-order chi connectivity index (χ0) is 20.6. The molecule has 154 valence electrons. The summed E-state index contributed by atoms with van der Waals surface area (Å²) < 4.78 is 26.1. The highest BCUT2D eigenvalue weighted by Gasteiger charge is 2.19. The summed E-state index contributed by atoms with van der Waals surface area (Å²) in [6.07, 6.45) is 4.70. The Kier molecular flexibility index (Phi) is 9.49. The van der Waals surface area contributed by atoms with Crippen LogP contribution in [-0.2, 0) is 10.0 Å². The second kappa shape index (κ2) is 10.8. The minimum Gasteiger partial charge on any atom is -0.376 e. The van der Waals surface area contributed by atoms with E-state index in [9.17, 15) is 8.42 Å². The lowest BCUT2D eigenvalue weighted by atomic mass is 9.99. The molecule has 0 fully saturated rings. The van der Waals surface area contributed by atoms with E-state index in [0.29, 0.717) is 16.7 Å². The van der Waals surface area contributed by atoms with E-state index in [2.05, 4.69) is 24.5 Å². The first kappa shape index (κ1) is 23.7. The van der Waals surface area contributed by atoms with Gasteiger partial charge in [-0.3, -0.25) is 0 Å². The second-order valence-electron chi connectivity index (χ2n) is 7.11. The molecule has 1 atom stereocenters. The predicted octanol–water partition coefficient (Wildman–Crippen LogP) is 3.51. The van der Waals surface area contributed by atoms with Crippen molar-refractivity contribution in [2.45, 2.75) is 44.4 Å². The number of unbranched alkanes of at least 4 members (excludes halogenated alkanes) is 1. The van der Waals surface area contributed by atoms with Gasteiger partial charge in [-0.05, 0) is 42.8 Å². The summed E-state index contributed by atoms with van der Waals surface area (Å²) in [5, 5.41) is 6.96. The van der Waals surface area contributed by atoms with Crippen molar-refractivity contribution in [1.82, 2.24) is 9.62 Å². The van der Waals surface area contributed by atoms with Gasteiger partial charge in [-0.15, -0.1) is 0 Å². The molecule has 0 aliphatic heterocycles. The van der Waals surface area contributed by atoms with E-state index in [1.54, 1.807) is 18.2 Å². The van der Waals surface area contributed by atoms with Gasteiger partial charge in [0.15, 0.2) is 5.11 Å². The SMILES string of the molecule is CCCC[C@H](CC)CNC(=S)Nc1cc(S(=O)(=O)N(C)C)ccc1N(C)C. The lowest BCUT2D eigenvalue weighted by molar-refractivity contribution is 0.446. The van der Waals surface area contributed by atoms with Crippen molar-refractivity contribution in [3.8, 4) is 0 Å². The summed E-state index contributed by atoms with van der Waals surface area (Å²) in [6, 6.07) is 5.04. The molecule has 0 saturated carbocycles. The van der Waals surface area contributed by atoms with Crippen LogP contribution in [0, 0.1) is 5.92 Å². The highest BCUT2D eigenvalue weighted by atomic mass is 32.2. The second-order valence-corrected chi connectivity index (χ2v) is 9.67. The van der Waals surface area contributed by atoms with Crippen LogP contribution in [0.15, 0.2) is 23.1 Å². The van der Waals surface area contributed by atoms with Crippen molar-refractivity contribution in [2.24, 2.45) is 5.92 Å². The van der Waals surface area contributed by atoms with Crippen LogP contribution < -0.4 is 15.5 Å². The molecule has 2 N–H and O–H groups in total. The summed E-state index contributed by atoms with van der Waals surface area (Å²) in [6.45, 7) is 5.21. The number of thiocarbonyl (C=S) groups is 1. The van der Waals surface area contributed by atoms with E-state index in [-0.39, 0.29) is 4.90 Å². The van der Waals surface area contributed by atoms with Crippen molar-refractivity contribution in [1.29, 1.82) is 0 Å². The van der Waals surface area contributed by atoms with E-state index in [4.69, 9.17) is 12.2 Å². The maximum Gasteiger partial charge on any atom is 0.242 e. The van der Waals surface area contributed by atoms with E-state index in [1.807, 2.05) is 19.0 Å². The largest absolute Gasteiger partial charge is 0.376 e. The molecule has 0 amide bonds. The van der Waals surface area contributed by atoms with Crippen LogP contribution in [0.3, 0.4) is 0 Å². The molecule has 0 bridgehead atoms. The van der Waals surface area contributed by atoms with Crippen LogP contribution >= 0.6 is 12.2 Å². The van der Waals surface area contributed by atoms with Gasteiger partial charge in [-0.25, -0.2) is 12.7 Å². The molecule has 1 aromatic carbocycles. The third kappa shape index (κ3) is 6.93. The number of sulfonamides is 1. The number of nitrogens with one attached hydrogen (secondary N) is 2. The summed E-state index contributed by atoms with van der Waals surface area (Å²) in [4.78, 5) is 2.16. The minimum atomic E-state index is -3.51. The van der Waals surface area contributed by atoms with Gasteiger partial charge in [-0.1, -0.05) is 33.1 Å². The van der Waals surface area contributed by atoms with Gasteiger partial charge >= 0.3 is 0 Å². The normalized spacial score (nSPS) is 12.7. The third-order valence-electron chi connectivity index (χ3n) is 4.57. The predicted molar refractivity (Wildman–Crippen MR) is 119 cm³/mol. The zero-order valence-corrected chi connectivity index (χ0v) is 19.0. The van der Waals surface area contributed by atoms with E-state index in [0.717, 1.165) is 18.7 Å². The summed E-state index contributed by atoms with van der Waals surface area (Å²) in [5.41, 5.74) is 1.54. The number of hydrogen-bond donors (Lipinski definition) is 2. The number of nitrogens with zero attached hydrogens (tertiary/aromatic N) is 2. The van der Waals surface area contributed by atoms with Gasteiger partial charge < -0.3 is 15.5 Å². The maximum absolute atomic E-state index is 12.4. The molecule has 0 unspecified atom stereocenters. The first-order valence-electron chi connectivity index (χ1n) is 9.42. The van der Waals surface area contributed by atoms with Crippen molar-refractivity contribution in [3.05, 3.63) is 18.2 Å². The van der Waals surface area contributed by atoms with Crippen LogP contribution in [0.2, 0.25) is 0 Å². The molecule has 0 aliphatic rings. The van der Waals surface area contributed by atoms with Gasteiger partial charge in [0.05, 0.1) is 16.3 Å². The van der Waals surface area contributed by atoms with Gasteiger partial charge in [-0.2, -0.15) is 0 Å². The number of hydrogen-bond acceptors (Lipinski definition) is 4. The molecule has 0 radical (unpaired) electrons. The van der Waals surface area contributed by atoms with Crippen molar-refractivity contribution >= 4 is 38.7 Å². The quantitative estimate of drug-likeness (QED) is 0.571. The zero-order valence-electron chi connectivity index (χ0n) is 17.4. The fraction of sp³-hybridized carbons (Fsp3) is 0.632. The third-order valence-corrected chi connectivity index (χ3v) is 6.63. The standard InChI is InChI=1S/C19H34N4O2S2/c1-7-9-10-15(8-2)14-20-19(26)21-17-13-16(27(24,25)23(5)6)11-12-18(17)22(3)4/h11-13,15H,7-10,14H2,1-6H3,(H2,20,21,26)/t15-/m0/s1. The molecule has 1 rings (SSSR count). The average molecular weight is 415 g/mol. The summed E-state index contributed by atoms with van der Waals surface area (Å²) >= 11 is 5.45. The van der Waals surface area contributed by atoms with Crippen molar-refractivity contribution in [2.75, 3.05) is 45.0 Å². The van der Waals surface area contributed by atoms with Gasteiger partial charge in [0.25, 0.3) is 0 Å². The molecule has 0 aliphatic carbocycles. The van der Waals surface area contributed by atoms with Crippen LogP contribution in [0.5, 0.6) is 0 Å². The summed E-state index contributed by atoms with van der Waals surface area (Å²) in [7, 11) is 3.36. The molecule has 27 heavy (non-hydrogen) atoms. The first-order valence-corrected chi connectivity index (χ1v) is 11.3. The number of anilines is 2. The Morgan fingerprint density at radius 1 is 1.19 bits per heavy atom. The number of rotatable bonds is 10. The van der Waals surface area contributed by atoms with Crippen LogP contribution in [-0.4, -0.2) is 52.6 Å². The Labute approximate surface area is 170 Å². The Bertz CT molecular complexity index is 718. The highest BCUT2D eigenvalue weighted by molar-refractivity contribution is 7.89. The van der Waals surface area contributed by atoms with Crippen molar-refractivity contribution < 1.29 is 8.42 Å². The lowest BCUT2D eigenvalue weighted by Crippen LogP contribution is -2.33. The van der Waals surface area contributed by atoms with Crippen LogP contribution in [0.25, 0.3) is 0 Å². The molecule has 6 nitrogen and oxygen atoms in total. The van der Waals surface area contributed by atoms with Gasteiger partial charge in [0, 0.05) is 34.7 Å². The Morgan fingerprint density at radius 2 is 1.85 bits per heavy atom. The van der Waals surface area contributed by atoms with E-state index >= 15 is 0 Å². The molecule has 1 aromatic rings. The average Bonchev–Trinajstić information content (AvgIpc) is 2.61. The smallest absolute Gasteiger partial charge is 0.242 e. The highest BCUT2D eigenvalue weighted by Crippen LogP contribution is 2.28. The van der Waals surface area contributed by atoms with E-state index < -0.39 is 10.0 Å². The molecule has 0 heterocycles. The molecular weight excluding hydrogens is 380 g/mol. The molecular formula is C19H34N4O2S2. The molecule has 0 aromatic heterocycles. The Balaban J connectivity index is 2.95. The maximum atomic E-state index is 12.4. The Morgan fingerprint density at radius 3 is 2.37 bits per heavy atom. The van der Waals surface area contributed by atoms with Crippen LogP contribution in [0.1, 0.15) is 39.5 Å². The molecule has 0 saturated heterocycles. The fourth-order valence-corrected chi connectivity index (χ4v) is 3.85.